The summed E-state index contributed by atoms with van der Waals surface area (Å²) in [5.74, 6) is 3.29. The number of nitrogens with zero attached hydrogens (tertiary/aromatic N) is 3. The number of H-pyrrole nitrogens is 1. The molecule has 2 aromatic carbocycles. The summed E-state index contributed by atoms with van der Waals surface area (Å²) in [4.78, 5) is 33.6. The van der Waals surface area contributed by atoms with Gasteiger partial charge in [0.15, 0.2) is 5.82 Å². The second-order valence-electron chi connectivity index (χ2n) is 13.4. The Kier molecular flexibility index (Phi) is 9.14. The van der Waals surface area contributed by atoms with Gasteiger partial charge in [0.05, 0.1) is 5.69 Å². The monoisotopic (exact) mass is 604 g/mol. The summed E-state index contributed by atoms with van der Waals surface area (Å²) in [5, 5.41) is 3.88. The zero-order valence-corrected chi connectivity index (χ0v) is 28.8. The number of aromatic amines is 1. The van der Waals surface area contributed by atoms with Gasteiger partial charge in [-0.25, -0.2) is 9.78 Å². The molecule has 0 unspecified atom stereocenters. The van der Waals surface area contributed by atoms with E-state index in [1.54, 1.807) is 0 Å². The minimum atomic E-state index is -0.574. The molecular weight excluding hydrogens is 564 g/mol. The maximum Gasteiger partial charge on any atom is 1.00 e. The molecule has 1 N–H and O–H groups in total. The van der Waals surface area contributed by atoms with E-state index in [-0.39, 0.29) is 63.8 Å². The van der Waals surface area contributed by atoms with Crippen LogP contribution < -0.4 is 62.7 Å². The van der Waals surface area contributed by atoms with Crippen molar-refractivity contribution >= 4 is 0 Å². The van der Waals surface area contributed by atoms with Crippen LogP contribution in [0.15, 0.2) is 62.6 Å². The number of rotatable bonds is 9. The molecular formula is C35H41KN4O3. The quantitative estimate of drug-likeness (QED) is 0.293. The van der Waals surface area contributed by atoms with Gasteiger partial charge in [0.25, 0.3) is 5.56 Å². The summed E-state index contributed by atoms with van der Waals surface area (Å²) < 4.78 is 6.78. The van der Waals surface area contributed by atoms with Gasteiger partial charge in [0.1, 0.15) is 5.82 Å². The van der Waals surface area contributed by atoms with Crippen LogP contribution in [0, 0.1) is 30.1 Å². The Balaban J connectivity index is 0.00000192. The average Bonchev–Trinajstić information content (AvgIpc) is 3.41. The molecule has 4 fully saturated rings. The van der Waals surface area contributed by atoms with E-state index in [4.69, 9.17) is 9.51 Å². The van der Waals surface area contributed by atoms with Gasteiger partial charge in [-0.1, -0.05) is 67.0 Å². The first-order valence-corrected chi connectivity index (χ1v) is 15.7. The first-order valence-electron chi connectivity index (χ1n) is 15.7. The molecule has 43 heavy (non-hydrogen) atoms. The Morgan fingerprint density at radius 2 is 1.63 bits per heavy atom. The molecule has 2 heterocycles. The number of unbranched alkanes of at least 4 members (excludes halogenated alkanes) is 1. The predicted molar refractivity (Wildman–Crippen MR) is 164 cm³/mol. The third kappa shape index (κ3) is 6.23. The van der Waals surface area contributed by atoms with E-state index in [0.29, 0.717) is 12.2 Å². The van der Waals surface area contributed by atoms with Crippen molar-refractivity contribution in [2.45, 2.75) is 84.6 Å². The Morgan fingerprint density at radius 1 is 0.977 bits per heavy atom. The number of aryl methyl sites for hydroxylation is 2. The molecule has 7 nitrogen and oxygen atoms in total. The molecule has 4 aromatic rings. The van der Waals surface area contributed by atoms with E-state index in [0.717, 1.165) is 82.9 Å². The topological polar surface area (TPSA) is 93.8 Å². The molecule has 0 amide bonds. The van der Waals surface area contributed by atoms with Crippen LogP contribution in [0.1, 0.15) is 82.4 Å². The van der Waals surface area contributed by atoms with Crippen LogP contribution >= 0.6 is 0 Å². The molecule has 2 aromatic heterocycles. The fourth-order valence-corrected chi connectivity index (χ4v) is 8.78. The van der Waals surface area contributed by atoms with E-state index in [2.05, 4.69) is 41.3 Å². The van der Waals surface area contributed by atoms with Crippen molar-refractivity contribution in [1.82, 2.24) is 19.7 Å². The van der Waals surface area contributed by atoms with Gasteiger partial charge in [0, 0.05) is 24.1 Å². The summed E-state index contributed by atoms with van der Waals surface area (Å²) in [6.07, 6.45) is 11.6. The van der Waals surface area contributed by atoms with E-state index in [9.17, 15) is 9.59 Å². The molecule has 4 aliphatic carbocycles. The van der Waals surface area contributed by atoms with Gasteiger partial charge in [-0.05, 0) is 98.1 Å². The molecule has 0 aliphatic heterocycles. The SMILES string of the molecule is CCCCc1nc(C)n(CC23CC4CC(CC(C4)C2)C3)c(=O)c1Cc1ccc(-c2ccccc2-c2noc(=O)[nH]2)cc1.[H-].[K+]. The van der Waals surface area contributed by atoms with Crippen molar-refractivity contribution in [2.75, 3.05) is 0 Å². The van der Waals surface area contributed by atoms with Crippen LogP contribution in [0.25, 0.3) is 22.5 Å². The summed E-state index contributed by atoms with van der Waals surface area (Å²) in [6, 6.07) is 16.2. The van der Waals surface area contributed by atoms with E-state index >= 15 is 0 Å². The molecule has 4 saturated carbocycles. The molecule has 8 rings (SSSR count). The van der Waals surface area contributed by atoms with Crippen molar-refractivity contribution in [2.24, 2.45) is 23.2 Å². The van der Waals surface area contributed by atoms with Crippen LogP contribution in [-0.2, 0) is 19.4 Å². The van der Waals surface area contributed by atoms with Crippen molar-refractivity contribution in [3.8, 4) is 22.5 Å². The summed E-state index contributed by atoms with van der Waals surface area (Å²) >= 11 is 0. The van der Waals surface area contributed by atoms with Crippen LogP contribution in [0.2, 0.25) is 0 Å². The average molecular weight is 605 g/mol. The third-order valence-electron chi connectivity index (χ3n) is 10.2. The molecule has 0 saturated heterocycles. The number of hydrogen-bond acceptors (Lipinski definition) is 5. The molecule has 220 valence electrons. The smallest absolute Gasteiger partial charge is 1.00 e. The predicted octanol–water partition coefficient (Wildman–Crippen LogP) is 3.83. The first-order chi connectivity index (χ1) is 20.4. The number of hydrogen-bond donors (Lipinski definition) is 1. The zero-order chi connectivity index (χ0) is 28.8. The molecule has 4 bridgehead atoms. The minimum Gasteiger partial charge on any atom is -1.00 e. The van der Waals surface area contributed by atoms with Gasteiger partial charge < -0.3 is 1.43 Å². The van der Waals surface area contributed by atoms with Gasteiger partial charge in [-0.15, -0.1) is 0 Å². The van der Waals surface area contributed by atoms with Crippen molar-refractivity contribution in [3.63, 3.8) is 0 Å². The Morgan fingerprint density at radius 3 is 2.23 bits per heavy atom. The summed E-state index contributed by atoms with van der Waals surface area (Å²) in [6.45, 7) is 5.05. The number of nitrogens with one attached hydrogen (secondary N) is 1. The molecule has 4 aliphatic rings. The van der Waals surface area contributed by atoms with E-state index < -0.39 is 5.76 Å². The van der Waals surface area contributed by atoms with Crippen LogP contribution in [0.3, 0.4) is 0 Å². The minimum absolute atomic E-state index is 0. The van der Waals surface area contributed by atoms with Crippen molar-refractivity contribution in [1.29, 1.82) is 0 Å². The maximum atomic E-state index is 14.3. The number of aromatic nitrogens is 4. The normalized spacial score (nSPS) is 23.8. The van der Waals surface area contributed by atoms with Crippen molar-refractivity contribution in [3.05, 3.63) is 92.1 Å². The Labute approximate surface area is 296 Å². The van der Waals surface area contributed by atoms with E-state index in [1.807, 2.05) is 35.8 Å². The van der Waals surface area contributed by atoms with Gasteiger partial charge in [0.2, 0.25) is 0 Å². The fourth-order valence-electron chi connectivity index (χ4n) is 8.78. The summed E-state index contributed by atoms with van der Waals surface area (Å²) in [7, 11) is 0. The second-order valence-corrected chi connectivity index (χ2v) is 13.4. The van der Waals surface area contributed by atoms with Gasteiger partial charge in [-0.2, -0.15) is 0 Å². The third-order valence-corrected chi connectivity index (χ3v) is 10.2. The zero-order valence-electron chi connectivity index (χ0n) is 26.7. The van der Waals surface area contributed by atoms with Crippen molar-refractivity contribution < 1.29 is 57.3 Å². The largest absolute Gasteiger partial charge is 1.00 e. The fraction of sp³-hybridized carbons (Fsp3) is 0.486. The Bertz CT molecular complexity index is 1690. The summed E-state index contributed by atoms with van der Waals surface area (Å²) in [5.41, 5.74) is 6.10. The molecule has 0 radical (unpaired) electrons. The first kappa shape index (κ1) is 30.9. The van der Waals surface area contributed by atoms with Crippen LogP contribution in [0.5, 0.6) is 0 Å². The molecule has 8 heteroatoms. The standard InChI is InChI=1S/C35H40N4O3.K.H/c1-3-4-9-31-30(33(40)39(22(2)36-31)21-35-18-24-14-25(19-35)16-26(15-24)20-35)17-23-10-12-27(13-11-23)28-7-5-6-8-29(28)32-37-34(41)42-38-32;;/h5-8,10-13,24-26H,3-4,9,14-21H2,1-2H3,(H,37,38,41);;/q;+1;-1. The Hall–Kier alpha value is -2.10. The van der Waals surface area contributed by atoms with Crippen LogP contribution in [-0.4, -0.2) is 19.7 Å². The number of benzene rings is 2. The maximum absolute atomic E-state index is 14.3. The van der Waals surface area contributed by atoms with E-state index in [1.165, 1.54) is 38.5 Å². The molecule has 0 spiro atoms. The van der Waals surface area contributed by atoms with Gasteiger partial charge in [-0.3, -0.25) is 18.9 Å². The van der Waals surface area contributed by atoms with Gasteiger partial charge >= 0.3 is 57.1 Å². The van der Waals surface area contributed by atoms with Crippen LogP contribution in [0.4, 0.5) is 0 Å². The second kappa shape index (κ2) is 12.7. The molecule has 0 atom stereocenters.